The third-order valence-electron chi connectivity index (χ3n) is 6.15. The molecule has 0 radical (unpaired) electrons. The number of hydrogen-bond donors (Lipinski definition) is 0. The number of rotatable bonds is 12. The molecular weight excluding hydrogens is 348 g/mol. The van der Waals surface area contributed by atoms with Crippen molar-refractivity contribution in [3.05, 3.63) is 48.3 Å². The second kappa shape index (κ2) is 10.1. The van der Waals surface area contributed by atoms with Crippen LogP contribution >= 0.6 is 0 Å². The maximum atomic E-state index is 11.4. The molecular formula is C25H38O3. The number of ether oxygens (including phenoxy) is 2. The smallest absolute Gasteiger partial charge is 0.302 e. The van der Waals surface area contributed by atoms with Gasteiger partial charge in [-0.15, -0.1) is 13.2 Å². The van der Waals surface area contributed by atoms with Crippen molar-refractivity contribution in [3.63, 3.8) is 0 Å². The summed E-state index contributed by atoms with van der Waals surface area (Å²) in [6.07, 6.45) is 13.2. The molecule has 0 aromatic heterocycles. The van der Waals surface area contributed by atoms with Crippen LogP contribution in [0.3, 0.4) is 0 Å². The second-order valence-corrected chi connectivity index (χ2v) is 8.72. The van der Waals surface area contributed by atoms with Crippen molar-refractivity contribution in [2.45, 2.75) is 66.2 Å². The highest BCUT2D eigenvalue weighted by Crippen LogP contribution is 2.68. The van der Waals surface area contributed by atoms with Crippen LogP contribution in [0.2, 0.25) is 0 Å². The van der Waals surface area contributed by atoms with Crippen LogP contribution in [0, 0.1) is 23.2 Å². The molecule has 2 rings (SSSR count). The zero-order chi connectivity index (χ0) is 20.7. The highest BCUT2D eigenvalue weighted by Gasteiger charge is 2.65. The summed E-state index contributed by atoms with van der Waals surface area (Å²) in [5.74, 6) is 2.44. The normalized spacial score (nSPS) is 28.4. The Labute approximate surface area is 171 Å². The van der Waals surface area contributed by atoms with E-state index in [9.17, 15) is 4.79 Å². The number of allylic oxidation sites excluding steroid dienone is 5. The first-order valence-corrected chi connectivity index (χ1v) is 10.7. The van der Waals surface area contributed by atoms with Crippen LogP contribution in [0.1, 0.15) is 66.2 Å². The third-order valence-corrected chi connectivity index (χ3v) is 6.15. The van der Waals surface area contributed by atoms with Gasteiger partial charge in [0.1, 0.15) is 6.61 Å². The molecule has 1 saturated carbocycles. The summed E-state index contributed by atoms with van der Waals surface area (Å²) in [5, 5.41) is 0. The van der Waals surface area contributed by atoms with Gasteiger partial charge in [-0.3, -0.25) is 4.79 Å². The van der Waals surface area contributed by atoms with Crippen LogP contribution in [0.4, 0.5) is 0 Å². The lowest BCUT2D eigenvalue weighted by atomic mass is 9.85. The molecule has 0 amide bonds. The lowest BCUT2D eigenvalue weighted by Gasteiger charge is -2.27. The standard InChI is InChI=1S/C25H38O3/c1-7-27-24-16-25(17-28-20(6)26)22(14-13-19(4)5)23(25)15-21(24)12-10-8-9-11-18(2)3/h8,10,16,21-23H,2,4,7,9,11-15,17H2,1,3,5-6H3/b10-8+/t21-,22+,23+,25+/m1/s1. The Morgan fingerprint density at radius 1 is 1.21 bits per heavy atom. The van der Waals surface area contributed by atoms with Crippen LogP contribution in [-0.4, -0.2) is 19.2 Å². The molecule has 0 aromatic carbocycles. The second-order valence-electron chi connectivity index (χ2n) is 8.72. The molecule has 2 aliphatic carbocycles. The van der Waals surface area contributed by atoms with E-state index in [1.54, 1.807) is 0 Å². The van der Waals surface area contributed by atoms with E-state index in [0.717, 1.165) is 44.3 Å². The molecule has 1 fully saturated rings. The highest BCUT2D eigenvalue weighted by molar-refractivity contribution is 5.66. The average molecular weight is 387 g/mol. The first-order chi connectivity index (χ1) is 13.3. The van der Waals surface area contributed by atoms with E-state index in [4.69, 9.17) is 9.47 Å². The molecule has 0 unspecified atom stereocenters. The predicted molar refractivity (Wildman–Crippen MR) is 116 cm³/mol. The summed E-state index contributed by atoms with van der Waals surface area (Å²) in [6, 6.07) is 0. The summed E-state index contributed by atoms with van der Waals surface area (Å²) in [4.78, 5) is 11.4. The van der Waals surface area contributed by atoms with Crippen molar-refractivity contribution in [1.82, 2.24) is 0 Å². The van der Waals surface area contributed by atoms with Gasteiger partial charge in [0.05, 0.1) is 12.4 Å². The predicted octanol–water partition coefficient (Wildman–Crippen LogP) is 6.38. The van der Waals surface area contributed by atoms with E-state index in [-0.39, 0.29) is 11.4 Å². The Morgan fingerprint density at radius 3 is 2.54 bits per heavy atom. The van der Waals surface area contributed by atoms with Crippen molar-refractivity contribution in [2.24, 2.45) is 23.2 Å². The molecule has 3 heteroatoms. The monoisotopic (exact) mass is 386 g/mol. The number of carbonyl (C=O) groups is 1. The Hall–Kier alpha value is -1.77. The lowest BCUT2D eigenvalue weighted by Crippen LogP contribution is -2.22. The van der Waals surface area contributed by atoms with E-state index < -0.39 is 0 Å². The van der Waals surface area contributed by atoms with Crippen LogP contribution in [0.25, 0.3) is 0 Å². The molecule has 0 heterocycles. The van der Waals surface area contributed by atoms with E-state index in [2.05, 4.69) is 45.2 Å². The van der Waals surface area contributed by atoms with Crippen molar-refractivity contribution in [2.75, 3.05) is 13.2 Å². The molecule has 28 heavy (non-hydrogen) atoms. The molecule has 2 aliphatic rings. The molecule has 0 aromatic rings. The average Bonchev–Trinajstić information content (AvgIpc) is 3.23. The quantitative estimate of drug-likeness (QED) is 0.288. The van der Waals surface area contributed by atoms with Gasteiger partial charge in [0.2, 0.25) is 0 Å². The van der Waals surface area contributed by atoms with Crippen molar-refractivity contribution < 1.29 is 14.3 Å². The van der Waals surface area contributed by atoms with Crippen LogP contribution < -0.4 is 0 Å². The fourth-order valence-corrected chi connectivity index (χ4v) is 4.63. The zero-order valence-electron chi connectivity index (χ0n) is 18.3. The maximum Gasteiger partial charge on any atom is 0.302 e. The summed E-state index contributed by atoms with van der Waals surface area (Å²) >= 11 is 0. The summed E-state index contributed by atoms with van der Waals surface area (Å²) < 4.78 is 11.5. The topological polar surface area (TPSA) is 35.5 Å². The molecule has 0 bridgehead atoms. The largest absolute Gasteiger partial charge is 0.498 e. The van der Waals surface area contributed by atoms with E-state index in [1.807, 2.05) is 6.92 Å². The van der Waals surface area contributed by atoms with Gasteiger partial charge < -0.3 is 9.47 Å². The van der Waals surface area contributed by atoms with Crippen LogP contribution in [0.15, 0.2) is 48.3 Å². The van der Waals surface area contributed by atoms with Gasteiger partial charge in [-0.25, -0.2) is 0 Å². The van der Waals surface area contributed by atoms with Gasteiger partial charge in [-0.1, -0.05) is 23.3 Å². The Bertz CT molecular complexity index is 642. The van der Waals surface area contributed by atoms with Gasteiger partial charge in [0.25, 0.3) is 0 Å². The Morgan fingerprint density at radius 2 is 1.93 bits per heavy atom. The molecule has 3 nitrogen and oxygen atoms in total. The van der Waals surface area contributed by atoms with Gasteiger partial charge >= 0.3 is 5.97 Å². The minimum Gasteiger partial charge on any atom is -0.498 e. The van der Waals surface area contributed by atoms with Crippen molar-refractivity contribution >= 4 is 5.97 Å². The molecule has 156 valence electrons. The van der Waals surface area contributed by atoms with Gasteiger partial charge in [-0.05, 0) is 77.2 Å². The number of hydrogen-bond acceptors (Lipinski definition) is 3. The molecule has 4 atom stereocenters. The minimum atomic E-state index is -0.201. The Kier molecular flexibility index (Phi) is 8.15. The molecule has 0 N–H and O–H groups in total. The van der Waals surface area contributed by atoms with Crippen molar-refractivity contribution in [3.8, 4) is 0 Å². The fraction of sp³-hybridized carbons (Fsp3) is 0.640. The third kappa shape index (κ3) is 5.86. The maximum absolute atomic E-state index is 11.4. The molecule has 0 spiro atoms. The SMILES string of the molecule is C=C(C)CC/C=C/C[C@@H]1C[C@H]2[C@H](CCC(=C)C)[C@@]2(COC(C)=O)C=C1OCC. The first-order valence-electron chi connectivity index (χ1n) is 10.7. The van der Waals surface area contributed by atoms with Gasteiger partial charge in [-0.2, -0.15) is 0 Å². The van der Waals surface area contributed by atoms with Gasteiger partial charge in [0, 0.05) is 18.3 Å². The van der Waals surface area contributed by atoms with E-state index in [0.29, 0.717) is 31.0 Å². The summed E-state index contributed by atoms with van der Waals surface area (Å²) in [6.45, 7) is 16.9. The summed E-state index contributed by atoms with van der Waals surface area (Å²) in [7, 11) is 0. The highest BCUT2D eigenvalue weighted by atomic mass is 16.5. The van der Waals surface area contributed by atoms with Gasteiger partial charge in [0.15, 0.2) is 0 Å². The Balaban J connectivity index is 2.10. The van der Waals surface area contributed by atoms with E-state index in [1.165, 1.54) is 18.1 Å². The number of carbonyl (C=O) groups excluding carboxylic acids is 1. The van der Waals surface area contributed by atoms with Crippen LogP contribution in [0.5, 0.6) is 0 Å². The number of fused-ring (bicyclic) bond motifs is 1. The summed E-state index contributed by atoms with van der Waals surface area (Å²) in [5.41, 5.74) is 2.41. The molecule has 0 aliphatic heterocycles. The number of esters is 1. The minimum absolute atomic E-state index is 0.0359. The fourth-order valence-electron chi connectivity index (χ4n) is 4.63. The lowest BCUT2D eigenvalue weighted by molar-refractivity contribution is -0.142. The van der Waals surface area contributed by atoms with Crippen molar-refractivity contribution in [1.29, 1.82) is 0 Å². The zero-order valence-corrected chi connectivity index (χ0v) is 18.3. The van der Waals surface area contributed by atoms with Crippen LogP contribution in [-0.2, 0) is 14.3 Å². The van der Waals surface area contributed by atoms with E-state index >= 15 is 0 Å². The first kappa shape index (κ1) is 22.5. The molecule has 0 saturated heterocycles.